The fourth-order valence-electron chi connectivity index (χ4n) is 1.44. The van der Waals surface area contributed by atoms with Gasteiger partial charge < -0.3 is 5.32 Å². The number of hydrogen-bond donors (Lipinski definition) is 1. The minimum atomic E-state index is 0.525. The van der Waals surface area contributed by atoms with Gasteiger partial charge in [0.25, 0.3) is 0 Å². The molecule has 2 rings (SSSR count). The maximum atomic E-state index is 5.84. The molecule has 3 nitrogen and oxygen atoms in total. The van der Waals surface area contributed by atoms with E-state index in [1.54, 1.807) is 0 Å². The van der Waals surface area contributed by atoms with Crippen LogP contribution in [0.4, 0.5) is 0 Å². The third-order valence-electron chi connectivity index (χ3n) is 2.21. The second-order valence-electron chi connectivity index (χ2n) is 2.97. The molecule has 64 valence electrons. The van der Waals surface area contributed by atoms with E-state index in [2.05, 4.69) is 15.5 Å². The Balaban J connectivity index is 2.54. The van der Waals surface area contributed by atoms with Crippen molar-refractivity contribution in [3.8, 4) is 0 Å². The predicted octanol–water partition coefficient (Wildman–Crippen LogP) is 1.08. The molecule has 12 heavy (non-hydrogen) atoms. The fraction of sp³-hybridized carbons (Fsp3) is 0.500. The third kappa shape index (κ3) is 1.19. The largest absolute Gasteiger partial charge is 0.312 e. The van der Waals surface area contributed by atoms with E-state index in [0.717, 1.165) is 30.8 Å². The third-order valence-corrected chi connectivity index (χ3v) is 2.57. The van der Waals surface area contributed by atoms with E-state index < -0.39 is 0 Å². The number of rotatable bonds is 0. The van der Waals surface area contributed by atoms with E-state index in [9.17, 15) is 0 Å². The topological polar surface area (TPSA) is 37.8 Å². The van der Waals surface area contributed by atoms with Crippen molar-refractivity contribution in [3.63, 3.8) is 0 Å². The van der Waals surface area contributed by atoms with Gasteiger partial charge in [0.05, 0.1) is 5.69 Å². The standard InChI is InChI=1S/C8H10ClN3/c1-5-6-4-10-3-2-7(6)11-12-8(5)9/h10H,2-4H2,1H3. The molecule has 1 aromatic rings. The molecule has 1 aliphatic heterocycles. The molecular formula is C8H10ClN3. The van der Waals surface area contributed by atoms with E-state index in [0.29, 0.717) is 5.15 Å². The highest BCUT2D eigenvalue weighted by Gasteiger charge is 2.14. The Morgan fingerprint density at radius 3 is 3.08 bits per heavy atom. The summed E-state index contributed by atoms with van der Waals surface area (Å²) >= 11 is 5.84. The van der Waals surface area contributed by atoms with Crippen LogP contribution < -0.4 is 5.32 Å². The van der Waals surface area contributed by atoms with Crippen LogP contribution in [-0.4, -0.2) is 16.7 Å². The maximum Gasteiger partial charge on any atom is 0.154 e. The van der Waals surface area contributed by atoms with Gasteiger partial charge in [0, 0.05) is 19.5 Å². The molecular weight excluding hydrogens is 174 g/mol. The van der Waals surface area contributed by atoms with E-state index in [4.69, 9.17) is 11.6 Å². The Hall–Kier alpha value is -0.670. The molecule has 1 N–H and O–H groups in total. The zero-order chi connectivity index (χ0) is 8.55. The van der Waals surface area contributed by atoms with Gasteiger partial charge in [-0.3, -0.25) is 0 Å². The van der Waals surface area contributed by atoms with Crippen molar-refractivity contribution in [2.24, 2.45) is 0 Å². The highest BCUT2D eigenvalue weighted by molar-refractivity contribution is 6.30. The van der Waals surface area contributed by atoms with Crippen LogP contribution >= 0.6 is 11.6 Å². The minimum absolute atomic E-state index is 0.525. The first-order valence-electron chi connectivity index (χ1n) is 4.00. The average molecular weight is 184 g/mol. The molecule has 0 saturated carbocycles. The van der Waals surface area contributed by atoms with Gasteiger partial charge in [-0.15, -0.1) is 5.10 Å². The lowest BCUT2D eigenvalue weighted by atomic mass is 10.0. The number of fused-ring (bicyclic) bond motifs is 1. The molecule has 0 amide bonds. The summed E-state index contributed by atoms with van der Waals surface area (Å²) in [5.74, 6) is 0. The number of halogens is 1. The van der Waals surface area contributed by atoms with Gasteiger partial charge in [-0.2, -0.15) is 5.10 Å². The number of hydrogen-bond acceptors (Lipinski definition) is 3. The monoisotopic (exact) mass is 183 g/mol. The van der Waals surface area contributed by atoms with Gasteiger partial charge in [0.1, 0.15) is 0 Å². The van der Waals surface area contributed by atoms with Crippen molar-refractivity contribution >= 4 is 11.6 Å². The lowest BCUT2D eigenvalue weighted by Gasteiger charge is -2.17. The summed E-state index contributed by atoms with van der Waals surface area (Å²) in [5, 5.41) is 11.7. The average Bonchev–Trinajstić information content (AvgIpc) is 2.12. The van der Waals surface area contributed by atoms with Crippen molar-refractivity contribution in [2.45, 2.75) is 19.9 Å². The summed E-state index contributed by atoms with van der Waals surface area (Å²) < 4.78 is 0. The van der Waals surface area contributed by atoms with Crippen molar-refractivity contribution < 1.29 is 0 Å². The summed E-state index contributed by atoms with van der Waals surface area (Å²) in [4.78, 5) is 0. The van der Waals surface area contributed by atoms with Gasteiger partial charge in [-0.1, -0.05) is 11.6 Å². The lowest BCUT2D eigenvalue weighted by Crippen LogP contribution is -2.25. The second kappa shape index (κ2) is 2.99. The van der Waals surface area contributed by atoms with Gasteiger partial charge in [-0.25, -0.2) is 0 Å². The number of nitrogens with zero attached hydrogens (tertiary/aromatic N) is 2. The van der Waals surface area contributed by atoms with Crippen molar-refractivity contribution in [2.75, 3.05) is 6.54 Å². The highest BCUT2D eigenvalue weighted by Crippen LogP contribution is 2.20. The Kier molecular flexibility index (Phi) is 1.98. The lowest BCUT2D eigenvalue weighted by molar-refractivity contribution is 0.616. The fourth-order valence-corrected chi connectivity index (χ4v) is 1.59. The zero-order valence-electron chi connectivity index (χ0n) is 6.89. The first-order valence-corrected chi connectivity index (χ1v) is 4.38. The summed E-state index contributed by atoms with van der Waals surface area (Å²) in [6.07, 6.45) is 0.959. The SMILES string of the molecule is Cc1c(Cl)nnc2c1CNCC2. The molecule has 4 heteroatoms. The molecule has 2 heterocycles. The molecule has 0 aliphatic carbocycles. The second-order valence-corrected chi connectivity index (χ2v) is 3.33. The van der Waals surface area contributed by atoms with Crippen LogP contribution in [-0.2, 0) is 13.0 Å². The molecule has 1 aromatic heterocycles. The Morgan fingerprint density at radius 1 is 1.42 bits per heavy atom. The van der Waals surface area contributed by atoms with Crippen molar-refractivity contribution in [1.82, 2.24) is 15.5 Å². The molecule has 0 atom stereocenters. The van der Waals surface area contributed by atoms with E-state index in [1.807, 2.05) is 6.92 Å². The van der Waals surface area contributed by atoms with Crippen molar-refractivity contribution in [3.05, 3.63) is 22.0 Å². The normalized spacial score (nSPS) is 15.8. The summed E-state index contributed by atoms with van der Waals surface area (Å²) in [5.41, 5.74) is 3.38. The molecule has 0 unspecified atom stereocenters. The molecule has 1 aliphatic rings. The van der Waals surface area contributed by atoms with Gasteiger partial charge >= 0.3 is 0 Å². The number of aromatic nitrogens is 2. The molecule has 0 spiro atoms. The Morgan fingerprint density at radius 2 is 2.25 bits per heavy atom. The van der Waals surface area contributed by atoms with E-state index in [-0.39, 0.29) is 0 Å². The highest BCUT2D eigenvalue weighted by atomic mass is 35.5. The Bertz CT molecular complexity index is 311. The first-order chi connectivity index (χ1) is 5.79. The molecule has 0 fully saturated rings. The van der Waals surface area contributed by atoms with Crippen LogP contribution in [0.2, 0.25) is 5.15 Å². The maximum absolute atomic E-state index is 5.84. The number of nitrogens with one attached hydrogen (secondary N) is 1. The van der Waals surface area contributed by atoms with Crippen LogP contribution in [0.15, 0.2) is 0 Å². The molecule has 0 saturated heterocycles. The summed E-state index contributed by atoms with van der Waals surface area (Å²) in [6.45, 7) is 3.85. The summed E-state index contributed by atoms with van der Waals surface area (Å²) in [7, 11) is 0. The molecule has 0 bridgehead atoms. The van der Waals surface area contributed by atoms with Gasteiger partial charge in [0.15, 0.2) is 5.15 Å². The molecule has 0 radical (unpaired) electrons. The first kappa shape index (κ1) is 7.95. The minimum Gasteiger partial charge on any atom is -0.312 e. The van der Waals surface area contributed by atoms with E-state index >= 15 is 0 Å². The quantitative estimate of drug-likeness (QED) is 0.654. The van der Waals surface area contributed by atoms with Gasteiger partial charge in [-0.05, 0) is 18.1 Å². The Labute approximate surface area is 76.1 Å². The smallest absolute Gasteiger partial charge is 0.154 e. The zero-order valence-corrected chi connectivity index (χ0v) is 7.65. The summed E-state index contributed by atoms with van der Waals surface area (Å²) in [6, 6.07) is 0. The molecule has 0 aromatic carbocycles. The van der Waals surface area contributed by atoms with Gasteiger partial charge in [0.2, 0.25) is 0 Å². The predicted molar refractivity (Wildman–Crippen MR) is 47.2 cm³/mol. The van der Waals surface area contributed by atoms with E-state index in [1.165, 1.54) is 5.56 Å². The van der Waals surface area contributed by atoms with Crippen LogP contribution in [0.1, 0.15) is 16.8 Å². The van der Waals surface area contributed by atoms with Crippen LogP contribution in [0.25, 0.3) is 0 Å². The van der Waals surface area contributed by atoms with Crippen molar-refractivity contribution in [1.29, 1.82) is 0 Å². The van der Waals surface area contributed by atoms with Crippen LogP contribution in [0.5, 0.6) is 0 Å². The van der Waals surface area contributed by atoms with Crippen LogP contribution in [0, 0.1) is 6.92 Å². The van der Waals surface area contributed by atoms with Crippen LogP contribution in [0.3, 0.4) is 0 Å².